The molecule has 29 heavy (non-hydrogen) atoms. The molecule has 1 N–H and O–H groups in total. The number of ether oxygens (including phenoxy) is 1. The average molecular weight is 391 g/mol. The molecule has 2 aromatic carbocycles. The lowest BCUT2D eigenvalue weighted by atomic mass is 10.1. The molecular formula is C22H21N3O4. The summed E-state index contributed by atoms with van der Waals surface area (Å²) in [7, 11) is 0. The predicted molar refractivity (Wildman–Crippen MR) is 108 cm³/mol. The van der Waals surface area contributed by atoms with Crippen LogP contribution in [0.5, 0.6) is 0 Å². The number of rotatable bonds is 7. The lowest BCUT2D eigenvalue weighted by Crippen LogP contribution is -2.35. The van der Waals surface area contributed by atoms with E-state index in [0.29, 0.717) is 29.5 Å². The first-order valence-corrected chi connectivity index (χ1v) is 9.08. The molecule has 0 fully saturated rings. The highest BCUT2D eigenvalue weighted by atomic mass is 16.5. The molecule has 0 bridgehead atoms. The summed E-state index contributed by atoms with van der Waals surface area (Å²) >= 11 is 0. The maximum Gasteiger partial charge on any atom is 0.338 e. The summed E-state index contributed by atoms with van der Waals surface area (Å²) in [4.78, 5) is 24.0. The molecule has 3 aromatic rings. The summed E-state index contributed by atoms with van der Waals surface area (Å²) in [6.07, 6.45) is 0.641. The number of nitrogens with one attached hydrogen (secondary N) is 1. The van der Waals surface area contributed by atoms with E-state index < -0.39 is 12.1 Å². The Morgan fingerprint density at radius 3 is 2.17 bits per heavy atom. The van der Waals surface area contributed by atoms with Crippen LogP contribution in [-0.4, -0.2) is 34.7 Å². The summed E-state index contributed by atoms with van der Waals surface area (Å²) < 4.78 is 10.9. The van der Waals surface area contributed by atoms with Crippen molar-refractivity contribution in [3.8, 4) is 22.9 Å². The Morgan fingerprint density at radius 1 is 1.07 bits per heavy atom. The summed E-state index contributed by atoms with van der Waals surface area (Å²) in [5, 5.41) is 10.7. The van der Waals surface area contributed by atoms with Gasteiger partial charge in [-0.05, 0) is 50.2 Å². The van der Waals surface area contributed by atoms with Gasteiger partial charge < -0.3 is 14.5 Å². The molecule has 0 spiro atoms. The van der Waals surface area contributed by atoms with E-state index in [1.165, 1.54) is 6.92 Å². The van der Waals surface area contributed by atoms with Crippen molar-refractivity contribution in [3.63, 3.8) is 0 Å². The summed E-state index contributed by atoms with van der Waals surface area (Å²) in [6, 6.07) is 14.3. The Labute approximate surface area is 168 Å². The van der Waals surface area contributed by atoms with Gasteiger partial charge in [0.2, 0.25) is 11.8 Å². The van der Waals surface area contributed by atoms with E-state index >= 15 is 0 Å². The van der Waals surface area contributed by atoms with Crippen LogP contribution in [0.15, 0.2) is 65.6 Å². The molecule has 1 atom stereocenters. The third kappa shape index (κ3) is 4.95. The zero-order valence-corrected chi connectivity index (χ0v) is 16.2. The van der Waals surface area contributed by atoms with E-state index in [0.717, 1.165) is 11.1 Å². The Bertz CT molecular complexity index is 1010. The number of carbonyl (C=O) groups excluding carboxylic acids is 2. The molecule has 3 rings (SSSR count). The van der Waals surface area contributed by atoms with Gasteiger partial charge in [0.15, 0.2) is 6.10 Å². The number of carbonyl (C=O) groups is 2. The largest absolute Gasteiger partial charge is 0.449 e. The van der Waals surface area contributed by atoms with E-state index in [2.05, 4.69) is 22.1 Å². The molecule has 7 nitrogen and oxygen atoms in total. The van der Waals surface area contributed by atoms with E-state index in [1.807, 2.05) is 31.2 Å². The van der Waals surface area contributed by atoms with Crippen LogP contribution in [0.2, 0.25) is 0 Å². The Hall–Kier alpha value is -3.74. The quantitative estimate of drug-likeness (QED) is 0.489. The minimum atomic E-state index is -0.907. The van der Waals surface area contributed by atoms with Crippen molar-refractivity contribution < 1.29 is 18.7 Å². The zero-order chi connectivity index (χ0) is 20.8. The van der Waals surface area contributed by atoms with E-state index in [4.69, 9.17) is 9.15 Å². The Kier molecular flexibility index (Phi) is 6.19. The number of benzene rings is 2. The predicted octanol–water partition coefficient (Wildman–Crippen LogP) is 3.56. The fourth-order valence-electron chi connectivity index (χ4n) is 2.50. The topological polar surface area (TPSA) is 94.3 Å². The lowest BCUT2D eigenvalue weighted by molar-refractivity contribution is -0.128. The van der Waals surface area contributed by atoms with Crippen molar-refractivity contribution in [1.82, 2.24) is 15.5 Å². The van der Waals surface area contributed by atoms with Gasteiger partial charge in [0.05, 0.1) is 5.56 Å². The first kappa shape index (κ1) is 20.0. The van der Waals surface area contributed by atoms with Gasteiger partial charge in [0, 0.05) is 17.7 Å². The molecule has 0 aliphatic rings. The van der Waals surface area contributed by atoms with Crippen LogP contribution >= 0.6 is 0 Å². The van der Waals surface area contributed by atoms with Crippen molar-refractivity contribution in [1.29, 1.82) is 0 Å². The molecule has 1 amide bonds. The standard InChI is InChI=1S/C22H21N3O4/c1-4-13-23-19(26)15(3)28-22(27)18-11-9-17(10-12-18)21-25-24-20(29-21)16-7-5-14(2)6-8-16/h4-12,15H,1,13H2,2-3H3,(H,23,26). The molecule has 0 saturated heterocycles. The van der Waals surface area contributed by atoms with Gasteiger partial charge in [-0.15, -0.1) is 16.8 Å². The smallest absolute Gasteiger partial charge is 0.338 e. The van der Waals surface area contributed by atoms with Crippen LogP contribution in [0.4, 0.5) is 0 Å². The molecule has 148 valence electrons. The van der Waals surface area contributed by atoms with Gasteiger partial charge in [-0.2, -0.15) is 0 Å². The maximum atomic E-state index is 12.2. The second-order valence-electron chi connectivity index (χ2n) is 6.44. The van der Waals surface area contributed by atoms with E-state index in [-0.39, 0.29) is 5.91 Å². The highest BCUT2D eigenvalue weighted by Crippen LogP contribution is 2.24. The Balaban J connectivity index is 1.67. The second kappa shape index (κ2) is 8.97. The van der Waals surface area contributed by atoms with Crippen LogP contribution in [0, 0.1) is 6.92 Å². The average Bonchev–Trinajstić information content (AvgIpc) is 3.22. The van der Waals surface area contributed by atoms with Crippen molar-refractivity contribution in [2.75, 3.05) is 6.54 Å². The minimum Gasteiger partial charge on any atom is -0.449 e. The number of aromatic nitrogens is 2. The van der Waals surface area contributed by atoms with Crippen LogP contribution in [0.3, 0.4) is 0 Å². The van der Waals surface area contributed by atoms with E-state index in [1.54, 1.807) is 30.3 Å². The lowest BCUT2D eigenvalue weighted by Gasteiger charge is -2.12. The summed E-state index contributed by atoms with van der Waals surface area (Å²) in [5.41, 5.74) is 2.96. The number of nitrogens with zero attached hydrogens (tertiary/aromatic N) is 2. The molecule has 1 unspecified atom stereocenters. The number of amides is 1. The summed E-state index contributed by atoms with van der Waals surface area (Å²) in [6.45, 7) is 7.34. The number of hydrogen-bond acceptors (Lipinski definition) is 6. The van der Waals surface area contributed by atoms with Crippen LogP contribution in [0.25, 0.3) is 22.9 Å². The Morgan fingerprint density at radius 2 is 1.62 bits per heavy atom. The summed E-state index contributed by atoms with van der Waals surface area (Å²) in [5.74, 6) is -0.214. The SMILES string of the molecule is C=CCNC(=O)C(C)OC(=O)c1ccc(-c2nnc(-c3ccc(C)cc3)o2)cc1. The monoisotopic (exact) mass is 391 g/mol. The number of aryl methyl sites for hydroxylation is 1. The molecule has 0 saturated carbocycles. The normalized spacial score (nSPS) is 11.5. The molecule has 7 heteroatoms. The van der Waals surface area contributed by atoms with Crippen molar-refractivity contribution in [2.45, 2.75) is 20.0 Å². The molecule has 0 radical (unpaired) electrons. The minimum absolute atomic E-state index is 0.310. The van der Waals surface area contributed by atoms with Gasteiger partial charge in [0.1, 0.15) is 0 Å². The zero-order valence-electron chi connectivity index (χ0n) is 16.2. The highest BCUT2D eigenvalue weighted by Gasteiger charge is 2.18. The van der Waals surface area contributed by atoms with E-state index in [9.17, 15) is 9.59 Å². The van der Waals surface area contributed by atoms with Crippen LogP contribution in [-0.2, 0) is 9.53 Å². The molecule has 0 aliphatic heterocycles. The maximum absolute atomic E-state index is 12.2. The van der Waals surface area contributed by atoms with Crippen molar-refractivity contribution in [3.05, 3.63) is 72.3 Å². The molecule has 1 aromatic heterocycles. The van der Waals surface area contributed by atoms with Crippen molar-refractivity contribution in [2.24, 2.45) is 0 Å². The fraction of sp³-hybridized carbons (Fsp3) is 0.182. The van der Waals surface area contributed by atoms with Crippen LogP contribution < -0.4 is 5.32 Å². The first-order valence-electron chi connectivity index (χ1n) is 9.08. The molecular weight excluding hydrogens is 370 g/mol. The first-order chi connectivity index (χ1) is 14.0. The number of esters is 1. The van der Waals surface area contributed by atoms with Gasteiger partial charge in [-0.25, -0.2) is 4.79 Å². The second-order valence-corrected chi connectivity index (χ2v) is 6.44. The highest BCUT2D eigenvalue weighted by molar-refractivity contribution is 5.92. The van der Waals surface area contributed by atoms with Gasteiger partial charge >= 0.3 is 5.97 Å². The molecule has 1 heterocycles. The van der Waals surface area contributed by atoms with Gasteiger partial charge in [-0.3, -0.25) is 4.79 Å². The third-order valence-corrected chi connectivity index (χ3v) is 4.16. The van der Waals surface area contributed by atoms with Crippen LogP contribution in [0.1, 0.15) is 22.8 Å². The fourth-order valence-corrected chi connectivity index (χ4v) is 2.50. The van der Waals surface area contributed by atoms with Gasteiger partial charge in [-0.1, -0.05) is 23.8 Å². The van der Waals surface area contributed by atoms with Crippen molar-refractivity contribution >= 4 is 11.9 Å². The third-order valence-electron chi connectivity index (χ3n) is 4.16. The van der Waals surface area contributed by atoms with Gasteiger partial charge in [0.25, 0.3) is 5.91 Å². The number of hydrogen-bond donors (Lipinski definition) is 1. The molecule has 0 aliphatic carbocycles.